The van der Waals surface area contributed by atoms with Crippen LogP contribution >= 0.6 is 0 Å². The Morgan fingerprint density at radius 3 is 1.61 bits per heavy atom. The van der Waals surface area contributed by atoms with Crippen molar-refractivity contribution >= 4 is 17.8 Å². The van der Waals surface area contributed by atoms with Gasteiger partial charge in [-0.3, -0.25) is 14.5 Å². The lowest BCUT2D eigenvalue weighted by atomic mass is 9.53. The Kier molecular flexibility index (Phi) is 15.5. The number of rotatable bonds is 24. The Labute approximate surface area is 250 Å². The number of aliphatic imine (C=N–C) groups is 1. The summed E-state index contributed by atoms with van der Waals surface area (Å²) in [6.45, 7) is 2.26. The molecule has 7 nitrogen and oxygen atoms in total. The minimum Gasteiger partial charge on any atom is -0.861 e. The molecule has 0 aliphatic heterocycles. The number of aliphatic carboxylic acids is 1. The summed E-state index contributed by atoms with van der Waals surface area (Å²) >= 11 is 0. The number of carboxylic acids is 1. The average Bonchev–Trinajstić information content (AvgIpc) is 2.88. The normalized spacial score (nSPS) is 25.2. The highest BCUT2D eigenvalue weighted by molar-refractivity contribution is 5.81. The zero-order valence-corrected chi connectivity index (χ0v) is 26.2. The third-order valence-corrected chi connectivity index (χ3v) is 9.83. The van der Waals surface area contributed by atoms with Crippen LogP contribution in [-0.4, -0.2) is 59.5 Å². The van der Waals surface area contributed by atoms with E-state index in [0.717, 1.165) is 49.9 Å². The molecule has 0 heterocycles. The van der Waals surface area contributed by atoms with Gasteiger partial charge >= 0.3 is 5.97 Å². The Balaban J connectivity index is 1.20. The molecule has 0 aromatic rings. The van der Waals surface area contributed by atoms with Crippen molar-refractivity contribution in [1.29, 1.82) is 0 Å². The Morgan fingerprint density at radius 1 is 0.732 bits per heavy atom. The van der Waals surface area contributed by atoms with Crippen molar-refractivity contribution in [2.24, 2.45) is 22.7 Å². The van der Waals surface area contributed by atoms with Gasteiger partial charge < -0.3 is 20.5 Å². The molecule has 4 aliphatic carbocycles. The number of carbonyl (C=O) groups excluding carboxylic acids is 1. The lowest BCUT2D eigenvalue weighted by Crippen LogP contribution is -2.61. The lowest BCUT2D eigenvalue weighted by molar-refractivity contribution is -0.220. The highest BCUT2D eigenvalue weighted by Gasteiger charge is 2.51. The van der Waals surface area contributed by atoms with Crippen molar-refractivity contribution in [3.63, 3.8) is 0 Å². The maximum absolute atomic E-state index is 12.9. The van der Waals surface area contributed by atoms with Crippen LogP contribution in [0.25, 0.3) is 0 Å². The molecule has 4 rings (SSSR count). The van der Waals surface area contributed by atoms with Gasteiger partial charge in [0.05, 0.1) is 13.1 Å². The molecular weight excluding hydrogens is 514 g/mol. The first kappa shape index (κ1) is 33.9. The number of nitrogens with zero attached hydrogens (tertiary/aromatic N) is 2. The van der Waals surface area contributed by atoms with Gasteiger partial charge in [-0.05, 0) is 68.6 Å². The standard InChI is InChI=1S/C34H61N3O4/c1-2-3-4-5-6-7-8-9-10-11-12-13-14-15-16-17-18-35-31(38)25-37(27-33(40)41)26-32(39)36-34-22-28-19-29(23-34)21-30(20-28)24-34/h28-30H,2-27H2,1H3,(H,35,38)(H,36,39)(H,40,41)/p-1. The fourth-order valence-corrected chi connectivity index (χ4v) is 8.27. The van der Waals surface area contributed by atoms with E-state index in [1.807, 2.05) is 0 Å². The van der Waals surface area contributed by atoms with E-state index < -0.39 is 5.97 Å². The Bertz CT molecular complexity index is 764. The number of hydrogen-bond donors (Lipinski definition) is 2. The van der Waals surface area contributed by atoms with Crippen molar-refractivity contribution in [3.05, 3.63) is 0 Å². The van der Waals surface area contributed by atoms with Gasteiger partial charge in [0.25, 0.3) is 0 Å². The molecule has 0 saturated heterocycles. The first-order valence-corrected chi connectivity index (χ1v) is 17.3. The Hall–Kier alpha value is -1.63. The molecular formula is C34H60N3O4-. The summed E-state index contributed by atoms with van der Waals surface area (Å²) in [7, 11) is 0. The zero-order chi connectivity index (χ0) is 29.3. The minimum atomic E-state index is -1.03. The van der Waals surface area contributed by atoms with Crippen molar-refractivity contribution < 1.29 is 19.8 Å². The van der Waals surface area contributed by atoms with Crippen LogP contribution in [0.4, 0.5) is 0 Å². The van der Waals surface area contributed by atoms with Gasteiger partial charge in [0.1, 0.15) is 0 Å². The van der Waals surface area contributed by atoms with Gasteiger partial charge in [0, 0.05) is 18.6 Å². The van der Waals surface area contributed by atoms with Crippen molar-refractivity contribution in [3.8, 4) is 0 Å². The van der Waals surface area contributed by atoms with Crippen LogP contribution in [-0.2, 0) is 9.59 Å². The van der Waals surface area contributed by atoms with Crippen LogP contribution in [0.15, 0.2) is 4.99 Å². The molecule has 0 radical (unpaired) electrons. The summed E-state index contributed by atoms with van der Waals surface area (Å²) in [5, 5.41) is 25.1. The summed E-state index contributed by atoms with van der Waals surface area (Å²) < 4.78 is 0. The van der Waals surface area contributed by atoms with Crippen LogP contribution in [0.3, 0.4) is 0 Å². The minimum absolute atomic E-state index is 0.0612. The fraction of sp³-hybridized carbons (Fsp3) is 0.912. The molecule has 1 amide bonds. The molecule has 0 atom stereocenters. The molecule has 4 fully saturated rings. The predicted molar refractivity (Wildman–Crippen MR) is 165 cm³/mol. The first-order valence-electron chi connectivity index (χ1n) is 17.3. The number of carbonyl (C=O) groups is 2. The van der Waals surface area contributed by atoms with E-state index in [1.54, 1.807) is 0 Å². The predicted octanol–water partition coefficient (Wildman–Crippen LogP) is 6.48. The monoisotopic (exact) mass is 574 g/mol. The molecule has 4 bridgehead atoms. The van der Waals surface area contributed by atoms with E-state index in [1.165, 1.54) is 114 Å². The van der Waals surface area contributed by atoms with E-state index in [4.69, 9.17) is 0 Å². The number of carboxylic acid groups (broad SMARTS) is 1. The third kappa shape index (κ3) is 13.5. The molecule has 236 valence electrons. The van der Waals surface area contributed by atoms with Crippen molar-refractivity contribution in [2.75, 3.05) is 26.2 Å². The molecule has 4 saturated carbocycles. The van der Waals surface area contributed by atoms with E-state index in [2.05, 4.69) is 17.2 Å². The molecule has 41 heavy (non-hydrogen) atoms. The molecule has 4 aliphatic rings. The summed E-state index contributed by atoms with van der Waals surface area (Å²) in [6, 6.07) is 0. The molecule has 0 spiro atoms. The highest BCUT2D eigenvalue weighted by atomic mass is 16.4. The van der Waals surface area contributed by atoms with Crippen LogP contribution in [0.2, 0.25) is 0 Å². The largest absolute Gasteiger partial charge is 0.861 e. The summed E-state index contributed by atoms with van der Waals surface area (Å²) in [4.78, 5) is 29.9. The topological polar surface area (TPSA) is 105 Å². The third-order valence-electron chi connectivity index (χ3n) is 9.83. The average molecular weight is 575 g/mol. The number of nitrogens with one attached hydrogen (secondary N) is 1. The second-order valence-corrected chi connectivity index (χ2v) is 13.9. The first-order chi connectivity index (χ1) is 19.9. The van der Waals surface area contributed by atoms with E-state index >= 15 is 0 Å². The van der Waals surface area contributed by atoms with Crippen molar-refractivity contribution in [2.45, 2.75) is 154 Å². The maximum Gasteiger partial charge on any atom is 0.317 e. The quantitative estimate of drug-likeness (QED) is 0.0780. The van der Waals surface area contributed by atoms with Gasteiger partial charge in [-0.2, -0.15) is 0 Å². The summed E-state index contributed by atoms with van der Waals surface area (Å²) in [5.41, 5.74) is -0.109. The molecule has 0 unspecified atom stereocenters. The van der Waals surface area contributed by atoms with E-state index in [0.29, 0.717) is 6.54 Å². The SMILES string of the molecule is CCCCCCCCCCCCCCCCCCN=C([O-])CN(CC(=O)O)CC(=O)NC12CC3CC(CC(C3)C1)C2. The van der Waals surface area contributed by atoms with E-state index in [9.17, 15) is 19.8 Å². The number of unbranched alkanes of at least 4 members (excludes halogenated alkanes) is 15. The van der Waals surface area contributed by atoms with Crippen LogP contribution < -0.4 is 10.4 Å². The van der Waals surface area contributed by atoms with Gasteiger partial charge in [-0.15, -0.1) is 0 Å². The number of amides is 1. The molecule has 7 heteroatoms. The second kappa shape index (κ2) is 18.8. The molecule has 0 aromatic heterocycles. The summed E-state index contributed by atoms with van der Waals surface area (Å²) in [5.74, 6) is 0.664. The van der Waals surface area contributed by atoms with Gasteiger partial charge in [0.2, 0.25) is 5.91 Å². The highest BCUT2D eigenvalue weighted by Crippen LogP contribution is 2.55. The fourth-order valence-electron chi connectivity index (χ4n) is 8.27. The van der Waals surface area contributed by atoms with Crippen LogP contribution in [0.5, 0.6) is 0 Å². The van der Waals surface area contributed by atoms with Crippen LogP contribution in [0, 0.1) is 17.8 Å². The van der Waals surface area contributed by atoms with Gasteiger partial charge in [-0.1, -0.05) is 103 Å². The number of hydrogen-bond acceptors (Lipinski definition) is 5. The Morgan fingerprint density at radius 2 is 1.17 bits per heavy atom. The van der Waals surface area contributed by atoms with Gasteiger partial charge in [-0.25, -0.2) is 0 Å². The second-order valence-electron chi connectivity index (χ2n) is 13.9. The van der Waals surface area contributed by atoms with E-state index in [-0.39, 0.29) is 37.0 Å². The maximum atomic E-state index is 12.9. The zero-order valence-electron chi connectivity index (χ0n) is 26.2. The van der Waals surface area contributed by atoms with Gasteiger partial charge in [0.15, 0.2) is 0 Å². The van der Waals surface area contributed by atoms with Crippen LogP contribution in [0.1, 0.15) is 148 Å². The smallest absolute Gasteiger partial charge is 0.317 e. The molecule has 0 aromatic carbocycles. The lowest BCUT2D eigenvalue weighted by Gasteiger charge is -2.57. The van der Waals surface area contributed by atoms with Crippen molar-refractivity contribution in [1.82, 2.24) is 10.2 Å². The summed E-state index contributed by atoms with van der Waals surface area (Å²) in [6.07, 6.45) is 27.9. The molecule has 2 N–H and O–H groups in total.